The van der Waals surface area contributed by atoms with Crippen LogP contribution < -0.4 is 21.3 Å². The minimum atomic E-state index is 0.0204. The van der Waals surface area contributed by atoms with Crippen molar-refractivity contribution in [1.82, 2.24) is 21.3 Å². The Bertz CT molecular complexity index is 731. The fraction of sp³-hybridized carbons (Fsp3) is 0.941. The Morgan fingerprint density at radius 1 is 0.425 bits per heavy atom. The van der Waals surface area contributed by atoms with Gasteiger partial charge in [-0.1, -0.05) is 25.7 Å². The monoisotopic (exact) mass is 554 g/mol. The molecule has 4 N–H and O–H groups in total. The van der Waals surface area contributed by atoms with Gasteiger partial charge in [0.2, 0.25) is 0 Å². The largest absolute Gasteiger partial charge is 0.338 e. The van der Waals surface area contributed by atoms with Crippen LogP contribution in [0.2, 0.25) is 0 Å². The van der Waals surface area contributed by atoms with Crippen molar-refractivity contribution < 1.29 is 9.59 Å². The first-order valence-electron chi connectivity index (χ1n) is 17.5. The summed E-state index contributed by atoms with van der Waals surface area (Å²) >= 11 is 0. The summed E-state index contributed by atoms with van der Waals surface area (Å²) in [6, 6.07) is 0.0408. The molecule has 0 spiro atoms. The molecule has 0 aromatic heterocycles. The molecule has 8 bridgehead atoms. The van der Waals surface area contributed by atoms with E-state index in [0.29, 0.717) is 10.8 Å². The second-order valence-corrected chi connectivity index (χ2v) is 15.8. The van der Waals surface area contributed by atoms with Gasteiger partial charge >= 0.3 is 12.1 Å². The number of amides is 4. The predicted octanol–water partition coefficient (Wildman–Crippen LogP) is 7.14. The minimum Gasteiger partial charge on any atom is -0.338 e. The lowest BCUT2D eigenvalue weighted by molar-refractivity contribution is -0.0565. The molecule has 0 heterocycles. The number of carbonyl (C=O) groups excluding carboxylic acids is 2. The number of unbranched alkanes of at least 4 members (excludes halogenated alkanes) is 5. The molecule has 4 amide bonds. The predicted molar refractivity (Wildman–Crippen MR) is 161 cm³/mol. The van der Waals surface area contributed by atoms with Crippen molar-refractivity contribution in [3.63, 3.8) is 0 Å². The lowest BCUT2D eigenvalue weighted by Gasteiger charge is -2.57. The second-order valence-electron chi connectivity index (χ2n) is 15.8. The summed E-state index contributed by atoms with van der Waals surface area (Å²) in [5, 5.41) is 12.4. The van der Waals surface area contributed by atoms with E-state index in [2.05, 4.69) is 21.3 Å². The molecule has 8 rings (SSSR count). The normalized spacial score (nSPS) is 38.4. The molecule has 0 unspecified atom stereocenters. The molecule has 6 heteroatoms. The molecule has 0 radical (unpaired) electrons. The third kappa shape index (κ3) is 7.30. The van der Waals surface area contributed by atoms with Crippen molar-refractivity contribution in [2.45, 2.75) is 128 Å². The molecule has 8 saturated carbocycles. The highest BCUT2D eigenvalue weighted by molar-refractivity contribution is 5.74. The smallest absolute Gasteiger partial charge is 0.314 e. The van der Waals surface area contributed by atoms with Crippen LogP contribution in [0.3, 0.4) is 0 Å². The molecule has 0 aromatic carbocycles. The topological polar surface area (TPSA) is 82.3 Å². The van der Waals surface area contributed by atoms with Crippen LogP contribution in [-0.2, 0) is 0 Å². The standard InChI is InChI=1S/C34H58N4O2/c39-31(37-11-7-33-19-25-13-26(20-33)15-27(14-25)21-33)35-9-5-3-1-2-4-6-10-36-32(40)38-12-8-34-22-28-16-29(23-34)18-30(17-28)24-34/h25-30H,1-24H2,(H2,35,37,39)(H2,36,38,40). The van der Waals surface area contributed by atoms with Crippen molar-refractivity contribution in [3.05, 3.63) is 0 Å². The van der Waals surface area contributed by atoms with Gasteiger partial charge in [-0.3, -0.25) is 0 Å². The molecular formula is C34H58N4O2. The van der Waals surface area contributed by atoms with Crippen LogP contribution in [0.1, 0.15) is 128 Å². The Balaban J connectivity index is 0.716. The van der Waals surface area contributed by atoms with E-state index < -0.39 is 0 Å². The summed E-state index contributed by atoms with van der Waals surface area (Å²) in [5.74, 6) is 5.92. The molecular weight excluding hydrogens is 496 g/mol. The fourth-order valence-corrected chi connectivity index (χ4v) is 11.6. The summed E-state index contributed by atoms with van der Waals surface area (Å²) in [6.07, 6.45) is 26.7. The van der Waals surface area contributed by atoms with Gasteiger partial charge in [0.25, 0.3) is 0 Å². The molecule has 6 nitrogen and oxygen atoms in total. The first-order valence-corrected chi connectivity index (χ1v) is 17.5. The first-order chi connectivity index (χ1) is 19.5. The van der Waals surface area contributed by atoms with Gasteiger partial charge in [0.1, 0.15) is 0 Å². The zero-order chi connectivity index (χ0) is 27.4. The van der Waals surface area contributed by atoms with E-state index in [-0.39, 0.29) is 12.1 Å². The summed E-state index contributed by atoms with van der Waals surface area (Å²) in [7, 11) is 0. The molecule has 8 aliphatic rings. The van der Waals surface area contributed by atoms with Crippen LogP contribution in [0.5, 0.6) is 0 Å². The van der Waals surface area contributed by atoms with E-state index in [0.717, 1.165) is 87.4 Å². The van der Waals surface area contributed by atoms with Gasteiger partial charge < -0.3 is 21.3 Å². The maximum Gasteiger partial charge on any atom is 0.314 e. The minimum absolute atomic E-state index is 0.0204. The lowest BCUT2D eigenvalue weighted by Crippen LogP contribution is -2.47. The van der Waals surface area contributed by atoms with Crippen LogP contribution in [0.25, 0.3) is 0 Å². The Kier molecular flexibility index (Phi) is 9.18. The SMILES string of the molecule is O=C(NCCCCCCCCNC(=O)NCCC12CC3CC(CC(C3)C1)C2)NCCC12CC3CC(CC(C3)C1)C2. The van der Waals surface area contributed by atoms with Crippen molar-refractivity contribution in [3.8, 4) is 0 Å². The Morgan fingerprint density at radius 3 is 1.02 bits per heavy atom. The third-order valence-electron chi connectivity index (χ3n) is 12.4. The average Bonchev–Trinajstić information content (AvgIpc) is 2.88. The molecule has 226 valence electrons. The van der Waals surface area contributed by atoms with Gasteiger partial charge in [-0.15, -0.1) is 0 Å². The maximum absolute atomic E-state index is 12.2. The van der Waals surface area contributed by atoms with Gasteiger partial charge in [0, 0.05) is 26.2 Å². The molecule has 0 aliphatic heterocycles. The highest BCUT2D eigenvalue weighted by Crippen LogP contribution is 2.62. The zero-order valence-electron chi connectivity index (χ0n) is 25.3. The van der Waals surface area contributed by atoms with E-state index in [1.165, 1.54) is 103 Å². The highest BCUT2D eigenvalue weighted by Gasteiger charge is 2.51. The fourth-order valence-electron chi connectivity index (χ4n) is 11.6. The number of rotatable bonds is 15. The number of urea groups is 2. The van der Waals surface area contributed by atoms with Crippen molar-refractivity contribution in [2.24, 2.45) is 46.3 Å². The van der Waals surface area contributed by atoms with Crippen molar-refractivity contribution in [1.29, 1.82) is 0 Å². The molecule has 8 fully saturated rings. The molecule has 0 atom stereocenters. The quantitative estimate of drug-likeness (QED) is 0.162. The summed E-state index contributed by atoms with van der Waals surface area (Å²) in [5.41, 5.74) is 1.10. The van der Waals surface area contributed by atoms with Crippen LogP contribution in [-0.4, -0.2) is 38.2 Å². The van der Waals surface area contributed by atoms with Gasteiger partial charge in [0.15, 0.2) is 0 Å². The summed E-state index contributed by atoms with van der Waals surface area (Å²) in [6.45, 7) is 3.22. The van der Waals surface area contributed by atoms with Gasteiger partial charge in [-0.2, -0.15) is 0 Å². The van der Waals surface area contributed by atoms with Crippen molar-refractivity contribution in [2.75, 3.05) is 26.2 Å². The van der Waals surface area contributed by atoms with Gasteiger partial charge in [0.05, 0.1) is 0 Å². The molecule has 0 aromatic rings. The summed E-state index contributed by atoms with van der Waals surface area (Å²) in [4.78, 5) is 24.5. The number of nitrogens with one attached hydrogen (secondary N) is 4. The van der Waals surface area contributed by atoms with E-state index in [9.17, 15) is 9.59 Å². The second kappa shape index (κ2) is 12.8. The third-order valence-corrected chi connectivity index (χ3v) is 12.4. The number of hydrogen-bond donors (Lipinski definition) is 4. The number of hydrogen-bond acceptors (Lipinski definition) is 2. The Hall–Kier alpha value is -1.46. The van der Waals surface area contributed by atoms with Gasteiger partial charge in [-0.05, 0) is 149 Å². The van der Waals surface area contributed by atoms with E-state index >= 15 is 0 Å². The molecule has 8 aliphatic carbocycles. The highest BCUT2D eigenvalue weighted by atomic mass is 16.2. The van der Waals surface area contributed by atoms with E-state index in [1.807, 2.05) is 0 Å². The van der Waals surface area contributed by atoms with E-state index in [1.54, 1.807) is 0 Å². The average molecular weight is 555 g/mol. The van der Waals surface area contributed by atoms with Crippen LogP contribution in [0.4, 0.5) is 9.59 Å². The zero-order valence-corrected chi connectivity index (χ0v) is 25.3. The van der Waals surface area contributed by atoms with Crippen LogP contribution >= 0.6 is 0 Å². The van der Waals surface area contributed by atoms with Crippen LogP contribution in [0.15, 0.2) is 0 Å². The van der Waals surface area contributed by atoms with Crippen LogP contribution in [0, 0.1) is 46.3 Å². The number of carbonyl (C=O) groups is 2. The van der Waals surface area contributed by atoms with E-state index in [4.69, 9.17) is 0 Å². The Labute approximate surface area is 243 Å². The van der Waals surface area contributed by atoms with Crippen molar-refractivity contribution >= 4 is 12.1 Å². The lowest BCUT2D eigenvalue weighted by atomic mass is 9.49. The summed E-state index contributed by atoms with van der Waals surface area (Å²) < 4.78 is 0. The molecule has 40 heavy (non-hydrogen) atoms. The first kappa shape index (κ1) is 28.6. The van der Waals surface area contributed by atoms with Gasteiger partial charge in [-0.25, -0.2) is 9.59 Å². The Morgan fingerprint density at radius 2 is 0.700 bits per heavy atom. The molecule has 0 saturated heterocycles. The maximum atomic E-state index is 12.2.